The number of rotatable bonds is 6. The minimum Gasteiger partial charge on any atom is -0.314 e. The Labute approximate surface area is 98.3 Å². The Morgan fingerprint density at radius 1 is 1.31 bits per heavy atom. The Bertz CT molecular complexity index is 325. The molecule has 1 aliphatic carbocycles. The lowest BCUT2D eigenvalue weighted by Gasteiger charge is -2.22. The van der Waals surface area contributed by atoms with Gasteiger partial charge in [0.15, 0.2) is 9.84 Å². The minimum absolute atomic E-state index is 0.255. The molecule has 94 valence electrons. The molecule has 4 nitrogen and oxygen atoms in total. The first-order valence-electron chi connectivity index (χ1n) is 6.21. The highest BCUT2D eigenvalue weighted by molar-refractivity contribution is 7.91. The summed E-state index contributed by atoms with van der Waals surface area (Å²) in [6, 6.07) is 1.03. The minimum atomic E-state index is -2.73. The van der Waals surface area contributed by atoms with Gasteiger partial charge in [-0.3, -0.25) is 0 Å². The van der Waals surface area contributed by atoms with Crippen molar-refractivity contribution in [2.45, 2.75) is 37.8 Å². The van der Waals surface area contributed by atoms with Gasteiger partial charge in [0.2, 0.25) is 0 Å². The Morgan fingerprint density at radius 2 is 2.06 bits per heavy atom. The van der Waals surface area contributed by atoms with Crippen molar-refractivity contribution < 1.29 is 8.42 Å². The number of hydrogen-bond acceptors (Lipinski definition) is 4. The first-order chi connectivity index (χ1) is 7.57. The molecule has 0 aromatic carbocycles. The second kappa shape index (κ2) is 5.02. The monoisotopic (exact) mass is 246 g/mol. The normalized spacial score (nSPS) is 28.8. The molecular formula is C11H22N2O2S. The highest BCUT2D eigenvalue weighted by Crippen LogP contribution is 2.19. The van der Waals surface area contributed by atoms with E-state index in [-0.39, 0.29) is 6.04 Å². The van der Waals surface area contributed by atoms with Crippen molar-refractivity contribution in [3.8, 4) is 0 Å². The fourth-order valence-electron chi connectivity index (χ4n) is 2.23. The topological polar surface area (TPSA) is 49.4 Å². The summed E-state index contributed by atoms with van der Waals surface area (Å²) in [5.41, 5.74) is 0. The van der Waals surface area contributed by atoms with Crippen LogP contribution in [0, 0.1) is 0 Å². The zero-order chi connectivity index (χ0) is 11.6. The Balaban J connectivity index is 1.61. The molecule has 0 aromatic rings. The number of sulfone groups is 1. The van der Waals surface area contributed by atoms with Crippen molar-refractivity contribution >= 4 is 9.84 Å². The van der Waals surface area contributed by atoms with Gasteiger partial charge in [0.1, 0.15) is 0 Å². The molecule has 0 aromatic heterocycles. The van der Waals surface area contributed by atoms with Gasteiger partial charge in [-0.15, -0.1) is 0 Å². The molecule has 1 N–H and O–H groups in total. The molecule has 0 bridgehead atoms. The summed E-state index contributed by atoms with van der Waals surface area (Å²) in [6.07, 6.45) is 4.59. The van der Waals surface area contributed by atoms with Crippen LogP contribution in [0.25, 0.3) is 0 Å². The van der Waals surface area contributed by atoms with Gasteiger partial charge in [-0.05, 0) is 45.8 Å². The summed E-state index contributed by atoms with van der Waals surface area (Å²) in [6.45, 7) is 2.06. The molecule has 0 spiro atoms. The smallest absolute Gasteiger partial charge is 0.151 e. The summed E-state index contributed by atoms with van der Waals surface area (Å²) in [5, 5.41) is 3.47. The fraction of sp³-hybridized carbons (Fsp3) is 1.00. The Morgan fingerprint density at radius 3 is 2.62 bits per heavy atom. The van der Waals surface area contributed by atoms with Crippen LogP contribution in [0.15, 0.2) is 0 Å². The van der Waals surface area contributed by atoms with E-state index in [1.165, 1.54) is 12.8 Å². The van der Waals surface area contributed by atoms with Crippen molar-refractivity contribution in [3.63, 3.8) is 0 Å². The van der Waals surface area contributed by atoms with Crippen LogP contribution in [-0.4, -0.2) is 57.0 Å². The van der Waals surface area contributed by atoms with Crippen LogP contribution in [0.5, 0.6) is 0 Å². The molecule has 1 saturated carbocycles. The zero-order valence-electron chi connectivity index (χ0n) is 9.98. The van der Waals surface area contributed by atoms with Crippen molar-refractivity contribution in [1.82, 2.24) is 10.2 Å². The van der Waals surface area contributed by atoms with Crippen LogP contribution in [-0.2, 0) is 9.84 Å². The van der Waals surface area contributed by atoms with Gasteiger partial charge in [-0.2, -0.15) is 0 Å². The van der Waals surface area contributed by atoms with Crippen LogP contribution in [0.2, 0.25) is 0 Å². The molecule has 1 heterocycles. The molecular weight excluding hydrogens is 224 g/mol. The molecule has 2 fully saturated rings. The van der Waals surface area contributed by atoms with Gasteiger partial charge in [0.25, 0.3) is 0 Å². The summed E-state index contributed by atoms with van der Waals surface area (Å²) < 4.78 is 22.7. The SMILES string of the molecule is CN(CCCNC1CC1)C1CCS(=O)(=O)C1. The standard InChI is InChI=1S/C11H22N2O2S/c1-13(7-2-6-12-10-3-4-10)11-5-8-16(14,15)9-11/h10-12H,2-9H2,1H3. The van der Waals surface area contributed by atoms with E-state index >= 15 is 0 Å². The Hall–Kier alpha value is -0.130. The van der Waals surface area contributed by atoms with Gasteiger partial charge in [0.05, 0.1) is 11.5 Å². The molecule has 2 aliphatic rings. The average molecular weight is 246 g/mol. The van der Waals surface area contributed by atoms with Crippen molar-refractivity contribution in [2.24, 2.45) is 0 Å². The molecule has 2 rings (SSSR count). The van der Waals surface area contributed by atoms with Crippen LogP contribution >= 0.6 is 0 Å². The second-order valence-electron chi connectivity index (χ2n) is 5.12. The summed E-state index contributed by atoms with van der Waals surface area (Å²) in [4.78, 5) is 2.21. The lowest BCUT2D eigenvalue weighted by Crippen LogP contribution is -2.34. The third kappa shape index (κ3) is 3.71. The summed E-state index contributed by atoms with van der Waals surface area (Å²) >= 11 is 0. The van der Waals surface area contributed by atoms with E-state index in [9.17, 15) is 8.42 Å². The van der Waals surface area contributed by atoms with Crippen LogP contribution in [0.1, 0.15) is 25.7 Å². The number of nitrogens with one attached hydrogen (secondary N) is 1. The predicted molar refractivity (Wildman–Crippen MR) is 65.3 cm³/mol. The second-order valence-corrected chi connectivity index (χ2v) is 7.35. The van der Waals surface area contributed by atoms with E-state index in [4.69, 9.17) is 0 Å². The molecule has 16 heavy (non-hydrogen) atoms. The maximum absolute atomic E-state index is 11.3. The first kappa shape index (κ1) is 12.3. The van der Waals surface area contributed by atoms with Crippen LogP contribution in [0.4, 0.5) is 0 Å². The third-order valence-corrected chi connectivity index (χ3v) is 5.28. The van der Waals surface area contributed by atoms with E-state index < -0.39 is 9.84 Å². The van der Waals surface area contributed by atoms with E-state index in [0.29, 0.717) is 11.5 Å². The third-order valence-electron chi connectivity index (χ3n) is 3.53. The number of nitrogens with zero attached hydrogens (tertiary/aromatic N) is 1. The molecule has 5 heteroatoms. The molecule has 0 radical (unpaired) electrons. The molecule has 1 aliphatic heterocycles. The summed E-state index contributed by atoms with van der Waals surface area (Å²) in [7, 11) is -0.688. The van der Waals surface area contributed by atoms with Crippen LogP contribution < -0.4 is 5.32 Å². The van der Waals surface area contributed by atoms with Crippen molar-refractivity contribution in [1.29, 1.82) is 0 Å². The van der Waals surface area contributed by atoms with Gasteiger partial charge >= 0.3 is 0 Å². The summed E-state index contributed by atoms with van der Waals surface area (Å²) in [5.74, 6) is 0.738. The lowest BCUT2D eigenvalue weighted by molar-refractivity contribution is 0.258. The highest BCUT2D eigenvalue weighted by atomic mass is 32.2. The van der Waals surface area contributed by atoms with Crippen molar-refractivity contribution in [3.05, 3.63) is 0 Å². The van der Waals surface area contributed by atoms with Gasteiger partial charge in [-0.25, -0.2) is 8.42 Å². The largest absolute Gasteiger partial charge is 0.314 e. The molecule has 1 unspecified atom stereocenters. The van der Waals surface area contributed by atoms with Gasteiger partial charge in [0, 0.05) is 12.1 Å². The Kier molecular flexibility index (Phi) is 3.87. The van der Waals surface area contributed by atoms with E-state index in [1.54, 1.807) is 0 Å². The molecule has 0 amide bonds. The van der Waals surface area contributed by atoms with E-state index in [2.05, 4.69) is 10.2 Å². The lowest BCUT2D eigenvalue weighted by atomic mass is 10.2. The maximum Gasteiger partial charge on any atom is 0.151 e. The predicted octanol–water partition coefficient (Wildman–Crippen LogP) is 0.247. The molecule has 1 saturated heterocycles. The van der Waals surface area contributed by atoms with Gasteiger partial charge < -0.3 is 10.2 Å². The first-order valence-corrected chi connectivity index (χ1v) is 8.03. The molecule has 1 atom stereocenters. The zero-order valence-corrected chi connectivity index (χ0v) is 10.8. The van der Waals surface area contributed by atoms with E-state index in [0.717, 1.165) is 32.0 Å². The van der Waals surface area contributed by atoms with Crippen LogP contribution in [0.3, 0.4) is 0 Å². The van der Waals surface area contributed by atoms with Crippen molar-refractivity contribution in [2.75, 3.05) is 31.6 Å². The van der Waals surface area contributed by atoms with E-state index in [1.807, 2.05) is 7.05 Å². The average Bonchev–Trinajstić information content (AvgIpc) is 2.97. The maximum atomic E-state index is 11.3. The van der Waals surface area contributed by atoms with Gasteiger partial charge in [-0.1, -0.05) is 0 Å². The number of hydrogen-bond donors (Lipinski definition) is 1. The fourth-order valence-corrected chi connectivity index (χ4v) is 4.03. The highest BCUT2D eigenvalue weighted by Gasteiger charge is 2.30. The quantitative estimate of drug-likeness (QED) is 0.683.